The number of aromatic nitrogens is 2. The molecular weight excluding hydrogens is 296 g/mol. The zero-order valence-electron chi connectivity index (χ0n) is 11.1. The number of amides is 1. The van der Waals surface area contributed by atoms with Gasteiger partial charge >= 0.3 is 0 Å². The maximum atomic E-state index is 11.9. The number of nitrogens with one attached hydrogen (secondary N) is 1. The van der Waals surface area contributed by atoms with Crippen LogP contribution in [0, 0.1) is 0 Å². The summed E-state index contributed by atoms with van der Waals surface area (Å²) in [6.07, 6.45) is 1.17. The third kappa shape index (κ3) is 3.80. The number of sulfonamides is 1. The van der Waals surface area contributed by atoms with Crippen LogP contribution in [0.4, 0.5) is 5.82 Å². The summed E-state index contributed by atoms with van der Waals surface area (Å²) in [5, 5.41) is 20.6. The zero-order valence-corrected chi connectivity index (χ0v) is 12.0. The lowest BCUT2D eigenvalue weighted by molar-refractivity contribution is -0.115. The van der Waals surface area contributed by atoms with E-state index in [0.29, 0.717) is 5.56 Å². The Morgan fingerprint density at radius 3 is 2.81 bits per heavy atom. The summed E-state index contributed by atoms with van der Waals surface area (Å²) < 4.78 is 24.0. The zero-order chi connectivity index (χ0) is 15.6. The maximum absolute atomic E-state index is 11.9. The van der Waals surface area contributed by atoms with E-state index in [1.165, 1.54) is 30.1 Å². The number of aryl methyl sites for hydroxylation is 1. The molecule has 1 amide bonds. The van der Waals surface area contributed by atoms with Gasteiger partial charge in [-0.05, 0) is 17.7 Å². The lowest BCUT2D eigenvalue weighted by Crippen LogP contribution is -2.19. The largest absolute Gasteiger partial charge is 0.508 e. The third-order valence-electron chi connectivity index (χ3n) is 2.63. The van der Waals surface area contributed by atoms with Crippen molar-refractivity contribution >= 4 is 21.7 Å². The summed E-state index contributed by atoms with van der Waals surface area (Å²) in [6.45, 7) is 0. The van der Waals surface area contributed by atoms with Crippen molar-refractivity contribution in [3.8, 4) is 5.75 Å². The molecule has 0 spiro atoms. The Bertz CT molecular complexity index is 782. The fourth-order valence-corrected chi connectivity index (χ4v) is 2.45. The first-order valence-electron chi connectivity index (χ1n) is 5.90. The molecule has 0 unspecified atom stereocenters. The van der Waals surface area contributed by atoms with Crippen molar-refractivity contribution < 1.29 is 18.3 Å². The van der Waals surface area contributed by atoms with Crippen molar-refractivity contribution in [1.29, 1.82) is 0 Å². The number of carbonyl (C=O) groups excluding carboxylic acids is 1. The van der Waals surface area contributed by atoms with Crippen LogP contribution in [0.1, 0.15) is 5.56 Å². The van der Waals surface area contributed by atoms with E-state index in [1.807, 2.05) is 0 Å². The Labute approximate surface area is 121 Å². The number of nitrogens with zero attached hydrogens (tertiary/aromatic N) is 2. The molecule has 0 aliphatic heterocycles. The fourth-order valence-electron chi connectivity index (χ4n) is 1.79. The van der Waals surface area contributed by atoms with E-state index >= 15 is 0 Å². The van der Waals surface area contributed by atoms with Crippen LogP contribution in [0.15, 0.2) is 35.4 Å². The average molecular weight is 310 g/mol. The Balaban J connectivity index is 2.17. The number of aromatic hydroxyl groups is 1. The van der Waals surface area contributed by atoms with Crippen molar-refractivity contribution in [1.82, 2.24) is 9.78 Å². The SMILES string of the molecule is Cn1cc(S(N)(=O)=O)c(NC(=O)Cc2cccc(O)c2)n1. The highest BCUT2D eigenvalue weighted by Crippen LogP contribution is 2.18. The van der Waals surface area contributed by atoms with Gasteiger partial charge < -0.3 is 10.4 Å². The Morgan fingerprint density at radius 1 is 1.48 bits per heavy atom. The second kappa shape index (κ2) is 5.54. The highest BCUT2D eigenvalue weighted by molar-refractivity contribution is 7.89. The highest BCUT2D eigenvalue weighted by Gasteiger charge is 2.20. The number of carbonyl (C=O) groups is 1. The molecule has 1 aromatic heterocycles. The number of phenolic OH excluding ortho intramolecular Hbond substituents is 1. The lowest BCUT2D eigenvalue weighted by Gasteiger charge is -2.04. The Kier molecular flexibility index (Phi) is 3.96. The fraction of sp³-hybridized carbons (Fsp3) is 0.167. The van der Waals surface area contributed by atoms with Crippen LogP contribution in [0.25, 0.3) is 0 Å². The molecule has 0 atom stereocenters. The van der Waals surface area contributed by atoms with Crippen LogP contribution in [0.3, 0.4) is 0 Å². The molecule has 2 aromatic rings. The summed E-state index contributed by atoms with van der Waals surface area (Å²) in [7, 11) is -2.46. The van der Waals surface area contributed by atoms with E-state index in [4.69, 9.17) is 5.14 Å². The second-order valence-corrected chi connectivity index (χ2v) is 5.99. The van der Waals surface area contributed by atoms with Gasteiger partial charge in [-0.15, -0.1) is 0 Å². The monoisotopic (exact) mass is 310 g/mol. The van der Waals surface area contributed by atoms with Gasteiger partial charge in [-0.3, -0.25) is 9.48 Å². The first kappa shape index (κ1) is 15.0. The van der Waals surface area contributed by atoms with Crippen LogP contribution in [0.2, 0.25) is 0 Å². The molecule has 0 fully saturated rings. The van der Waals surface area contributed by atoms with Crippen LogP contribution in [-0.2, 0) is 28.3 Å². The number of hydrogen-bond acceptors (Lipinski definition) is 5. The van der Waals surface area contributed by atoms with Crippen molar-refractivity contribution in [2.24, 2.45) is 12.2 Å². The number of primary sulfonamides is 1. The molecule has 112 valence electrons. The van der Waals surface area contributed by atoms with Gasteiger partial charge in [-0.2, -0.15) is 5.10 Å². The molecule has 9 heteroatoms. The van der Waals surface area contributed by atoms with Crippen molar-refractivity contribution in [3.05, 3.63) is 36.0 Å². The first-order valence-corrected chi connectivity index (χ1v) is 7.44. The molecular formula is C12H14N4O4S. The number of anilines is 1. The Morgan fingerprint density at radius 2 is 2.19 bits per heavy atom. The van der Waals surface area contributed by atoms with Gasteiger partial charge in [0.15, 0.2) is 5.82 Å². The average Bonchev–Trinajstić information content (AvgIpc) is 2.69. The van der Waals surface area contributed by atoms with Crippen LogP contribution >= 0.6 is 0 Å². The number of benzene rings is 1. The van der Waals surface area contributed by atoms with E-state index in [1.54, 1.807) is 12.1 Å². The summed E-state index contributed by atoms with van der Waals surface area (Å²) in [5.41, 5.74) is 0.584. The smallest absolute Gasteiger partial charge is 0.243 e. The van der Waals surface area contributed by atoms with Crippen LogP contribution in [-0.4, -0.2) is 29.2 Å². The van der Waals surface area contributed by atoms with Crippen molar-refractivity contribution in [2.75, 3.05) is 5.32 Å². The van der Waals surface area contributed by atoms with E-state index in [-0.39, 0.29) is 22.9 Å². The quantitative estimate of drug-likeness (QED) is 0.730. The van der Waals surface area contributed by atoms with Gasteiger partial charge in [0.1, 0.15) is 10.6 Å². The first-order chi connectivity index (χ1) is 9.75. The Hall–Kier alpha value is -2.39. The van der Waals surface area contributed by atoms with E-state index < -0.39 is 15.9 Å². The van der Waals surface area contributed by atoms with Gasteiger partial charge in [-0.1, -0.05) is 12.1 Å². The number of nitrogens with two attached hydrogens (primary N) is 1. The summed E-state index contributed by atoms with van der Waals surface area (Å²) in [4.78, 5) is 11.6. The van der Waals surface area contributed by atoms with Gasteiger partial charge in [0.2, 0.25) is 15.9 Å². The molecule has 0 saturated heterocycles. The van der Waals surface area contributed by atoms with Crippen LogP contribution < -0.4 is 10.5 Å². The highest BCUT2D eigenvalue weighted by atomic mass is 32.2. The second-order valence-electron chi connectivity index (χ2n) is 4.46. The summed E-state index contributed by atoms with van der Waals surface area (Å²) in [5.74, 6) is -0.544. The molecule has 4 N–H and O–H groups in total. The molecule has 0 radical (unpaired) electrons. The molecule has 1 aromatic carbocycles. The molecule has 0 aliphatic carbocycles. The standard InChI is InChI=1S/C12H14N4O4S/c1-16-7-10(21(13,19)20)12(15-16)14-11(18)6-8-3-2-4-9(17)5-8/h2-5,7,17H,6H2,1H3,(H2,13,19,20)(H,14,15,18). The minimum Gasteiger partial charge on any atom is -0.508 e. The molecule has 21 heavy (non-hydrogen) atoms. The minimum atomic E-state index is -3.98. The molecule has 0 aliphatic rings. The lowest BCUT2D eigenvalue weighted by atomic mass is 10.1. The third-order valence-corrected chi connectivity index (χ3v) is 3.55. The molecule has 8 nitrogen and oxygen atoms in total. The molecule has 0 bridgehead atoms. The van der Waals surface area contributed by atoms with E-state index in [9.17, 15) is 18.3 Å². The van der Waals surface area contributed by atoms with Gasteiger partial charge in [-0.25, -0.2) is 13.6 Å². The van der Waals surface area contributed by atoms with Gasteiger partial charge in [0, 0.05) is 13.2 Å². The van der Waals surface area contributed by atoms with E-state index in [0.717, 1.165) is 0 Å². The molecule has 1 heterocycles. The molecule has 0 saturated carbocycles. The normalized spacial score (nSPS) is 11.3. The molecule has 2 rings (SSSR count). The number of phenols is 1. The topological polar surface area (TPSA) is 127 Å². The van der Waals surface area contributed by atoms with Crippen LogP contribution in [0.5, 0.6) is 5.75 Å². The number of rotatable bonds is 4. The predicted octanol–water partition coefficient (Wildman–Crippen LogP) is -0.0457. The predicted molar refractivity (Wildman–Crippen MR) is 75.0 cm³/mol. The number of hydrogen-bond donors (Lipinski definition) is 3. The van der Waals surface area contributed by atoms with Crippen molar-refractivity contribution in [2.45, 2.75) is 11.3 Å². The summed E-state index contributed by atoms with van der Waals surface area (Å²) in [6, 6.07) is 6.20. The maximum Gasteiger partial charge on any atom is 0.243 e. The minimum absolute atomic E-state index is 0.0327. The van der Waals surface area contributed by atoms with Crippen molar-refractivity contribution in [3.63, 3.8) is 0 Å². The summed E-state index contributed by atoms with van der Waals surface area (Å²) >= 11 is 0. The van der Waals surface area contributed by atoms with E-state index in [2.05, 4.69) is 10.4 Å². The van der Waals surface area contributed by atoms with Gasteiger partial charge in [0.25, 0.3) is 0 Å². The van der Waals surface area contributed by atoms with Gasteiger partial charge in [0.05, 0.1) is 6.42 Å².